The van der Waals surface area contributed by atoms with Crippen molar-refractivity contribution in [2.24, 2.45) is 11.7 Å². The van der Waals surface area contributed by atoms with E-state index in [4.69, 9.17) is 5.73 Å². The number of rotatable bonds is 4. The van der Waals surface area contributed by atoms with Crippen LogP contribution in [0.1, 0.15) is 19.4 Å². The van der Waals surface area contributed by atoms with Crippen LogP contribution < -0.4 is 10.6 Å². The topological polar surface area (TPSA) is 29.3 Å². The summed E-state index contributed by atoms with van der Waals surface area (Å²) in [5, 5.41) is 0. The van der Waals surface area contributed by atoms with E-state index in [1.165, 1.54) is 6.07 Å². The number of hydrogen-bond donors (Lipinski definition) is 1. The van der Waals surface area contributed by atoms with Crippen LogP contribution in [0, 0.1) is 17.6 Å². The normalized spacial score (nSPS) is 10.9. The zero-order valence-corrected chi connectivity index (χ0v) is 9.93. The fourth-order valence-electron chi connectivity index (χ4n) is 1.68. The van der Waals surface area contributed by atoms with Crippen molar-refractivity contribution in [1.29, 1.82) is 0 Å². The Kier molecular flexibility index (Phi) is 4.24. The molecule has 1 rings (SSSR count). The van der Waals surface area contributed by atoms with Crippen molar-refractivity contribution in [2.45, 2.75) is 20.4 Å². The summed E-state index contributed by atoms with van der Waals surface area (Å²) < 4.78 is 27.2. The second-order valence-electron chi connectivity index (χ2n) is 4.35. The van der Waals surface area contributed by atoms with Crippen LogP contribution in [0.2, 0.25) is 0 Å². The summed E-state index contributed by atoms with van der Waals surface area (Å²) in [6.07, 6.45) is 0. The molecule has 0 heterocycles. The summed E-state index contributed by atoms with van der Waals surface area (Å²) in [6, 6.07) is 3.10. The summed E-state index contributed by atoms with van der Waals surface area (Å²) in [5.74, 6) is -1.26. The first-order valence-electron chi connectivity index (χ1n) is 5.35. The van der Waals surface area contributed by atoms with E-state index in [1.807, 2.05) is 13.8 Å². The summed E-state index contributed by atoms with van der Waals surface area (Å²) >= 11 is 0. The molecule has 0 radical (unpaired) electrons. The van der Waals surface area contributed by atoms with E-state index < -0.39 is 11.6 Å². The fraction of sp³-hybridized carbons (Fsp3) is 0.500. The SMILES string of the molecule is CC(C)CN(C)c1ccc(CN)c(F)c1F. The summed E-state index contributed by atoms with van der Waals surface area (Å²) in [5.41, 5.74) is 5.79. The third-order valence-electron chi connectivity index (χ3n) is 2.41. The molecule has 2 nitrogen and oxygen atoms in total. The van der Waals surface area contributed by atoms with Crippen LogP contribution in [0.5, 0.6) is 0 Å². The Morgan fingerprint density at radius 3 is 2.38 bits per heavy atom. The molecule has 90 valence electrons. The van der Waals surface area contributed by atoms with E-state index in [2.05, 4.69) is 0 Å². The maximum absolute atomic E-state index is 13.7. The molecule has 2 N–H and O–H groups in total. The van der Waals surface area contributed by atoms with Gasteiger partial charge in [-0.3, -0.25) is 0 Å². The zero-order chi connectivity index (χ0) is 12.3. The smallest absolute Gasteiger partial charge is 0.182 e. The Bertz CT molecular complexity index is 364. The van der Waals surface area contributed by atoms with Gasteiger partial charge >= 0.3 is 0 Å². The predicted molar refractivity (Wildman–Crippen MR) is 62.4 cm³/mol. The van der Waals surface area contributed by atoms with Gasteiger partial charge in [0.05, 0.1) is 5.69 Å². The van der Waals surface area contributed by atoms with Gasteiger partial charge in [-0.15, -0.1) is 0 Å². The van der Waals surface area contributed by atoms with Gasteiger partial charge < -0.3 is 10.6 Å². The average Bonchev–Trinajstić information content (AvgIpc) is 2.20. The van der Waals surface area contributed by atoms with Crippen LogP contribution in [0.15, 0.2) is 12.1 Å². The molecule has 0 spiro atoms. The van der Waals surface area contributed by atoms with Gasteiger partial charge in [0, 0.05) is 25.7 Å². The predicted octanol–water partition coefficient (Wildman–Crippen LogP) is 2.52. The molecule has 0 saturated carbocycles. The van der Waals surface area contributed by atoms with Crippen molar-refractivity contribution < 1.29 is 8.78 Å². The first-order chi connectivity index (χ1) is 7.47. The van der Waals surface area contributed by atoms with Gasteiger partial charge in [0.2, 0.25) is 0 Å². The number of nitrogens with two attached hydrogens (primary N) is 1. The Morgan fingerprint density at radius 1 is 1.25 bits per heavy atom. The number of halogens is 2. The van der Waals surface area contributed by atoms with Crippen molar-refractivity contribution >= 4 is 5.69 Å². The molecule has 0 bridgehead atoms. The number of nitrogens with zero attached hydrogens (tertiary/aromatic N) is 1. The van der Waals surface area contributed by atoms with E-state index in [0.717, 1.165) is 0 Å². The molecule has 16 heavy (non-hydrogen) atoms. The molecule has 0 aliphatic rings. The zero-order valence-electron chi connectivity index (χ0n) is 9.93. The van der Waals surface area contributed by atoms with Gasteiger partial charge in [0.15, 0.2) is 11.6 Å². The molecule has 0 amide bonds. The van der Waals surface area contributed by atoms with E-state index in [9.17, 15) is 8.78 Å². The summed E-state index contributed by atoms with van der Waals surface area (Å²) in [6.45, 7) is 4.74. The van der Waals surface area contributed by atoms with Crippen LogP contribution in [-0.4, -0.2) is 13.6 Å². The Balaban J connectivity index is 3.02. The Morgan fingerprint density at radius 2 is 1.88 bits per heavy atom. The lowest BCUT2D eigenvalue weighted by molar-refractivity contribution is 0.496. The van der Waals surface area contributed by atoms with Gasteiger partial charge in [0.1, 0.15) is 0 Å². The van der Waals surface area contributed by atoms with Crippen LogP contribution in [0.25, 0.3) is 0 Å². The van der Waals surface area contributed by atoms with Crippen LogP contribution in [0.3, 0.4) is 0 Å². The molecule has 4 heteroatoms. The van der Waals surface area contributed by atoms with E-state index in [0.29, 0.717) is 12.5 Å². The van der Waals surface area contributed by atoms with Gasteiger partial charge in [-0.25, -0.2) is 8.78 Å². The molecule has 0 aromatic heterocycles. The lowest BCUT2D eigenvalue weighted by Crippen LogP contribution is -2.24. The minimum atomic E-state index is -0.837. The largest absolute Gasteiger partial charge is 0.372 e. The first-order valence-corrected chi connectivity index (χ1v) is 5.35. The van der Waals surface area contributed by atoms with Gasteiger partial charge in [-0.1, -0.05) is 19.9 Å². The van der Waals surface area contributed by atoms with Gasteiger partial charge in [0.25, 0.3) is 0 Å². The highest BCUT2D eigenvalue weighted by molar-refractivity contribution is 5.49. The number of anilines is 1. The van der Waals surface area contributed by atoms with Crippen molar-refractivity contribution in [3.05, 3.63) is 29.3 Å². The van der Waals surface area contributed by atoms with Crippen LogP contribution in [-0.2, 0) is 6.54 Å². The van der Waals surface area contributed by atoms with Crippen molar-refractivity contribution in [1.82, 2.24) is 0 Å². The number of hydrogen-bond acceptors (Lipinski definition) is 2. The lowest BCUT2D eigenvalue weighted by Gasteiger charge is -2.22. The third kappa shape index (κ3) is 2.70. The molecule has 0 saturated heterocycles. The molecule has 0 unspecified atom stereocenters. The molecule has 0 fully saturated rings. The van der Waals surface area contributed by atoms with Crippen molar-refractivity contribution in [3.8, 4) is 0 Å². The molecule has 0 aliphatic carbocycles. The quantitative estimate of drug-likeness (QED) is 0.858. The molecule has 1 aromatic rings. The van der Waals surface area contributed by atoms with E-state index in [-0.39, 0.29) is 17.8 Å². The monoisotopic (exact) mass is 228 g/mol. The summed E-state index contributed by atoms with van der Waals surface area (Å²) in [7, 11) is 1.75. The summed E-state index contributed by atoms with van der Waals surface area (Å²) in [4.78, 5) is 1.71. The maximum atomic E-state index is 13.7. The minimum absolute atomic E-state index is 0.0108. The minimum Gasteiger partial charge on any atom is -0.372 e. The third-order valence-corrected chi connectivity index (χ3v) is 2.41. The fourth-order valence-corrected chi connectivity index (χ4v) is 1.68. The highest BCUT2D eigenvalue weighted by Gasteiger charge is 2.15. The molecular weight excluding hydrogens is 210 g/mol. The second-order valence-corrected chi connectivity index (χ2v) is 4.35. The molecular formula is C12H18F2N2. The van der Waals surface area contributed by atoms with Crippen molar-refractivity contribution in [2.75, 3.05) is 18.5 Å². The standard InChI is InChI=1S/C12H18F2N2/c1-8(2)7-16(3)10-5-4-9(6-15)11(13)12(10)14/h4-5,8H,6-7,15H2,1-3H3. The van der Waals surface area contributed by atoms with Crippen LogP contribution in [0.4, 0.5) is 14.5 Å². The van der Waals surface area contributed by atoms with E-state index >= 15 is 0 Å². The highest BCUT2D eigenvalue weighted by atomic mass is 19.2. The van der Waals surface area contributed by atoms with E-state index in [1.54, 1.807) is 18.0 Å². The molecule has 1 aromatic carbocycles. The van der Waals surface area contributed by atoms with Crippen molar-refractivity contribution in [3.63, 3.8) is 0 Å². The highest BCUT2D eigenvalue weighted by Crippen LogP contribution is 2.23. The average molecular weight is 228 g/mol. The maximum Gasteiger partial charge on any atom is 0.182 e. The molecule has 0 atom stereocenters. The Hall–Kier alpha value is -1.16. The van der Waals surface area contributed by atoms with Gasteiger partial charge in [-0.05, 0) is 12.0 Å². The van der Waals surface area contributed by atoms with Gasteiger partial charge in [-0.2, -0.15) is 0 Å². The van der Waals surface area contributed by atoms with Crippen LogP contribution >= 0.6 is 0 Å². The Labute approximate surface area is 95.1 Å². The number of benzene rings is 1. The second kappa shape index (κ2) is 5.25. The molecule has 0 aliphatic heterocycles. The lowest BCUT2D eigenvalue weighted by atomic mass is 10.1. The first kappa shape index (κ1) is 12.9.